The van der Waals surface area contributed by atoms with Gasteiger partial charge in [0.1, 0.15) is 5.69 Å². The lowest BCUT2D eigenvalue weighted by Gasteiger charge is -1.94. The molecule has 0 aliphatic heterocycles. The van der Waals surface area contributed by atoms with E-state index in [9.17, 15) is 0 Å². The van der Waals surface area contributed by atoms with E-state index < -0.39 is 0 Å². The molecule has 13 heavy (non-hydrogen) atoms. The van der Waals surface area contributed by atoms with E-state index in [4.69, 9.17) is 5.11 Å². The summed E-state index contributed by atoms with van der Waals surface area (Å²) in [6.07, 6.45) is 1.65. The molecule has 1 heterocycles. The van der Waals surface area contributed by atoms with Crippen molar-refractivity contribution in [2.75, 3.05) is 13.6 Å². The van der Waals surface area contributed by atoms with Gasteiger partial charge in [0, 0.05) is 6.20 Å². The minimum Gasteiger partial charge on any atom is -0.392 e. The smallest absolute Gasteiger partial charge is 0.113 e. The van der Waals surface area contributed by atoms with Crippen molar-refractivity contribution in [3.8, 4) is 11.8 Å². The molecule has 0 atom stereocenters. The first-order valence-electron chi connectivity index (χ1n) is 4.06. The second kappa shape index (κ2) is 5.31. The number of aliphatic hydroxyl groups is 1. The number of aliphatic hydroxyl groups excluding tert-OH is 1. The highest BCUT2D eigenvalue weighted by Gasteiger charge is 1.91. The van der Waals surface area contributed by atoms with Crippen molar-refractivity contribution in [2.24, 2.45) is 0 Å². The summed E-state index contributed by atoms with van der Waals surface area (Å²) in [6, 6.07) is 3.55. The van der Waals surface area contributed by atoms with Crippen LogP contribution in [-0.4, -0.2) is 23.7 Å². The van der Waals surface area contributed by atoms with Gasteiger partial charge in [-0.1, -0.05) is 5.92 Å². The molecule has 0 unspecified atom stereocenters. The Morgan fingerprint density at radius 1 is 1.62 bits per heavy atom. The van der Waals surface area contributed by atoms with Gasteiger partial charge in [-0.2, -0.15) is 0 Å². The van der Waals surface area contributed by atoms with Crippen LogP contribution in [-0.2, 0) is 6.61 Å². The van der Waals surface area contributed by atoms with E-state index in [-0.39, 0.29) is 6.61 Å². The average Bonchev–Trinajstić information content (AvgIpc) is 2.19. The Bertz CT molecular complexity index is 325. The van der Waals surface area contributed by atoms with Crippen LogP contribution in [0.15, 0.2) is 18.3 Å². The molecule has 0 radical (unpaired) electrons. The van der Waals surface area contributed by atoms with Crippen LogP contribution in [0, 0.1) is 11.8 Å². The lowest BCUT2D eigenvalue weighted by Crippen LogP contribution is -2.04. The Kier molecular flexibility index (Phi) is 3.97. The number of aromatic nitrogens is 1. The molecule has 1 aromatic rings. The zero-order valence-corrected chi connectivity index (χ0v) is 7.54. The maximum atomic E-state index is 8.85. The van der Waals surface area contributed by atoms with Gasteiger partial charge in [0.2, 0.25) is 0 Å². The van der Waals surface area contributed by atoms with Gasteiger partial charge in [0.05, 0.1) is 13.2 Å². The monoisotopic (exact) mass is 176 g/mol. The minimum absolute atomic E-state index is 0.0310. The van der Waals surface area contributed by atoms with E-state index in [1.807, 2.05) is 7.05 Å². The van der Waals surface area contributed by atoms with Crippen LogP contribution in [0.2, 0.25) is 0 Å². The fourth-order valence-electron chi connectivity index (χ4n) is 0.864. The Morgan fingerprint density at radius 3 is 3.15 bits per heavy atom. The van der Waals surface area contributed by atoms with Crippen molar-refractivity contribution in [2.45, 2.75) is 6.61 Å². The molecule has 3 heteroatoms. The van der Waals surface area contributed by atoms with Gasteiger partial charge < -0.3 is 10.4 Å². The lowest BCUT2D eigenvalue weighted by molar-refractivity contribution is 0.281. The van der Waals surface area contributed by atoms with Crippen LogP contribution in [0.3, 0.4) is 0 Å². The molecule has 0 bridgehead atoms. The highest BCUT2D eigenvalue weighted by Crippen LogP contribution is 1.99. The van der Waals surface area contributed by atoms with E-state index in [2.05, 4.69) is 22.1 Å². The van der Waals surface area contributed by atoms with E-state index >= 15 is 0 Å². The van der Waals surface area contributed by atoms with Crippen LogP contribution >= 0.6 is 0 Å². The molecule has 1 rings (SSSR count). The zero-order valence-electron chi connectivity index (χ0n) is 7.54. The van der Waals surface area contributed by atoms with Crippen LogP contribution in [0.5, 0.6) is 0 Å². The van der Waals surface area contributed by atoms with Crippen molar-refractivity contribution in [1.29, 1.82) is 0 Å². The summed E-state index contributed by atoms with van der Waals surface area (Å²) in [6.45, 7) is 0.675. The molecule has 3 nitrogen and oxygen atoms in total. The molecular formula is C10H12N2O. The Hall–Kier alpha value is -1.37. The summed E-state index contributed by atoms with van der Waals surface area (Å²) < 4.78 is 0. The average molecular weight is 176 g/mol. The first-order chi connectivity index (χ1) is 6.36. The summed E-state index contributed by atoms with van der Waals surface area (Å²) in [5, 5.41) is 11.8. The number of nitrogens with one attached hydrogen (secondary N) is 1. The molecule has 0 saturated carbocycles. The van der Waals surface area contributed by atoms with Gasteiger partial charge in [0.15, 0.2) is 0 Å². The second-order valence-corrected chi connectivity index (χ2v) is 2.54. The van der Waals surface area contributed by atoms with Crippen LogP contribution in [0.4, 0.5) is 0 Å². The van der Waals surface area contributed by atoms with Gasteiger partial charge in [0.25, 0.3) is 0 Å². The van der Waals surface area contributed by atoms with Crippen LogP contribution < -0.4 is 5.32 Å². The Balaban J connectivity index is 2.73. The van der Waals surface area contributed by atoms with Crippen molar-refractivity contribution in [3.63, 3.8) is 0 Å². The third-order valence-corrected chi connectivity index (χ3v) is 1.49. The molecule has 0 amide bonds. The predicted molar refractivity (Wildman–Crippen MR) is 51.0 cm³/mol. The molecule has 2 N–H and O–H groups in total. The summed E-state index contributed by atoms with van der Waals surface area (Å²) >= 11 is 0. The summed E-state index contributed by atoms with van der Waals surface area (Å²) in [5.41, 5.74) is 1.53. The fraction of sp³-hybridized carbons (Fsp3) is 0.300. The quantitative estimate of drug-likeness (QED) is 0.630. The predicted octanol–water partition coefficient (Wildman–Crippen LogP) is 0.145. The molecule has 0 aliphatic carbocycles. The van der Waals surface area contributed by atoms with Crippen LogP contribution in [0.25, 0.3) is 0 Å². The molecule has 0 spiro atoms. The SMILES string of the molecule is CNCC#Cc1cc(CO)ccn1. The van der Waals surface area contributed by atoms with Crippen molar-refractivity contribution < 1.29 is 5.11 Å². The van der Waals surface area contributed by atoms with Gasteiger partial charge in [-0.25, -0.2) is 4.98 Å². The van der Waals surface area contributed by atoms with Gasteiger partial charge in [-0.05, 0) is 30.7 Å². The van der Waals surface area contributed by atoms with Gasteiger partial charge in [-0.15, -0.1) is 0 Å². The molecule has 1 aromatic heterocycles. The maximum absolute atomic E-state index is 8.85. The normalized spacial score (nSPS) is 9.08. The van der Waals surface area contributed by atoms with E-state index in [0.717, 1.165) is 5.56 Å². The minimum atomic E-state index is 0.0310. The first kappa shape index (κ1) is 9.72. The fourth-order valence-corrected chi connectivity index (χ4v) is 0.864. The first-order valence-corrected chi connectivity index (χ1v) is 4.06. The van der Waals surface area contributed by atoms with E-state index in [1.165, 1.54) is 0 Å². The van der Waals surface area contributed by atoms with Crippen molar-refractivity contribution >= 4 is 0 Å². The Morgan fingerprint density at radius 2 is 2.46 bits per heavy atom. The summed E-state index contributed by atoms with van der Waals surface area (Å²) in [7, 11) is 1.84. The number of hydrogen-bond donors (Lipinski definition) is 2. The zero-order chi connectivity index (χ0) is 9.52. The van der Waals surface area contributed by atoms with Gasteiger partial charge in [-0.3, -0.25) is 0 Å². The molecule has 0 saturated heterocycles. The highest BCUT2D eigenvalue weighted by molar-refractivity contribution is 5.30. The Labute approximate surface area is 77.8 Å². The number of rotatable bonds is 2. The number of nitrogens with zero attached hydrogens (tertiary/aromatic N) is 1. The van der Waals surface area contributed by atoms with E-state index in [1.54, 1.807) is 18.3 Å². The molecule has 0 aromatic carbocycles. The molecular weight excluding hydrogens is 164 g/mol. The lowest BCUT2D eigenvalue weighted by atomic mass is 10.2. The molecule has 0 aliphatic rings. The maximum Gasteiger partial charge on any atom is 0.113 e. The van der Waals surface area contributed by atoms with Gasteiger partial charge >= 0.3 is 0 Å². The number of pyridine rings is 1. The van der Waals surface area contributed by atoms with E-state index in [0.29, 0.717) is 12.2 Å². The number of hydrogen-bond acceptors (Lipinski definition) is 3. The topological polar surface area (TPSA) is 45.1 Å². The summed E-state index contributed by atoms with van der Waals surface area (Å²) in [5.74, 6) is 5.78. The summed E-state index contributed by atoms with van der Waals surface area (Å²) in [4.78, 5) is 4.05. The highest BCUT2D eigenvalue weighted by atomic mass is 16.3. The third-order valence-electron chi connectivity index (χ3n) is 1.49. The van der Waals surface area contributed by atoms with Crippen molar-refractivity contribution in [3.05, 3.63) is 29.6 Å². The standard InChI is InChI=1S/C10H12N2O/c1-11-5-2-3-10-7-9(8-13)4-6-12-10/h4,6-7,11,13H,5,8H2,1H3. The molecule has 68 valence electrons. The largest absolute Gasteiger partial charge is 0.392 e. The van der Waals surface area contributed by atoms with Crippen LogP contribution in [0.1, 0.15) is 11.3 Å². The third kappa shape index (κ3) is 3.24. The van der Waals surface area contributed by atoms with Crippen molar-refractivity contribution in [1.82, 2.24) is 10.3 Å². The molecule has 0 fully saturated rings. The second-order valence-electron chi connectivity index (χ2n) is 2.54.